The summed E-state index contributed by atoms with van der Waals surface area (Å²) in [6.07, 6.45) is 0. The standard InChI is InChI=1S/C9H12OS.C2H6/c1-3-11-9-6-4-8(10-2)5-7-9;1-2/h4-7H,3H2,1-2H3;1-2H3. The second-order valence-electron chi connectivity index (χ2n) is 2.11. The molecular formula is C11H18OS. The van der Waals surface area contributed by atoms with Crippen molar-refractivity contribution in [3.63, 3.8) is 0 Å². The molecule has 0 unspecified atom stereocenters. The van der Waals surface area contributed by atoms with Gasteiger partial charge in [-0.3, -0.25) is 0 Å². The van der Waals surface area contributed by atoms with Gasteiger partial charge in [-0.15, -0.1) is 11.8 Å². The van der Waals surface area contributed by atoms with Crippen LogP contribution < -0.4 is 4.74 Å². The largest absolute Gasteiger partial charge is 0.497 e. The second-order valence-corrected chi connectivity index (χ2v) is 3.45. The number of thioether (sulfide) groups is 1. The van der Waals surface area contributed by atoms with E-state index in [9.17, 15) is 0 Å². The van der Waals surface area contributed by atoms with Gasteiger partial charge in [0.15, 0.2) is 0 Å². The van der Waals surface area contributed by atoms with Crippen LogP contribution in [0.5, 0.6) is 5.75 Å². The lowest BCUT2D eigenvalue weighted by atomic mass is 10.3. The molecule has 0 radical (unpaired) electrons. The van der Waals surface area contributed by atoms with Gasteiger partial charge in [0.05, 0.1) is 7.11 Å². The van der Waals surface area contributed by atoms with Crippen LogP contribution in [0.1, 0.15) is 20.8 Å². The summed E-state index contributed by atoms with van der Waals surface area (Å²) in [4.78, 5) is 1.30. The smallest absolute Gasteiger partial charge is 0.118 e. The Morgan fingerprint density at radius 3 is 2.08 bits per heavy atom. The summed E-state index contributed by atoms with van der Waals surface area (Å²) in [6.45, 7) is 6.15. The lowest BCUT2D eigenvalue weighted by molar-refractivity contribution is 0.414. The van der Waals surface area contributed by atoms with Gasteiger partial charge in [-0.05, 0) is 30.0 Å². The topological polar surface area (TPSA) is 9.23 Å². The lowest BCUT2D eigenvalue weighted by Crippen LogP contribution is -1.81. The van der Waals surface area contributed by atoms with Crippen LogP contribution in [0.25, 0.3) is 0 Å². The van der Waals surface area contributed by atoms with E-state index in [2.05, 4.69) is 19.1 Å². The van der Waals surface area contributed by atoms with Gasteiger partial charge < -0.3 is 4.74 Å². The first kappa shape index (κ1) is 12.4. The van der Waals surface area contributed by atoms with Crippen LogP contribution >= 0.6 is 11.8 Å². The fourth-order valence-corrected chi connectivity index (χ4v) is 1.50. The fraction of sp³-hybridized carbons (Fsp3) is 0.455. The zero-order valence-electron chi connectivity index (χ0n) is 8.83. The molecular weight excluding hydrogens is 180 g/mol. The quantitative estimate of drug-likeness (QED) is 0.683. The molecule has 1 nitrogen and oxygen atoms in total. The Morgan fingerprint density at radius 1 is 1.15 bits per heavy atom. The van der Waals surface area contributed by atoms with Crippen LogP contribution in [-0.4, -0.2) is 12.9 Å². The van der Waals surface area contributed by atoms with Crippen molar-refractivity contribution in [2.24, 2.45) is 0 Å². The molecule has 0 bridgehead atoms. The Bertz CT molecular complexity index is 206. The highest BCUT2D eigenvalue weighted by Gasteiger charge is 1.91. The summed E-state index contributed by atoms with van der Waals surface area (Å²) in [6, 6.07) is 8.12. The predicted octanol–water partition coefficient (Wildman–Crippen LogP) is 3.83. The summed E-state index contributed by atoms with van der Waals surface area (Å²) in [5.74, 6) is 2.04. The van der Waals surface area contributed by atoms with Gasteiger partial charge in [0.1, 0.15) is 5.75 Å². The van der Waals surface area contributed by atoms with Crippen molar-refractivity contribution in [3.8, 4) is 5.75 Å². The number of ether oxygens (including phenoxy) is 1. The minimum atomic E-state index is 0.922. The van der Waals surface area contributed by atoms with Crippen molar-refractivity contribution >= 4 is 11.8 Å². The van der Waals surface area contributed by atoms with Crippen LogP contribution in [0.4, 0.5) is 0 Å². The first-order chi connectivity index (χ1) is 6.36. The van der Waals surface area contributed by atoms with Crippen LogP contribution in [0.2, 0.25) is 0 Å². The number of hydrogen-bond acceptors (Lipinski definition) is 2. The molecule has 0 heterocycles. The molecule has 0 fully saturated rings. The maximum absolute atomic E-state index is 5.04. The molecule has 0 aliphatic heterocycles. The van der Waals surface area contributed by atoms with E-state index in [1.165, 1.54) is 4.90 Å². The van der Waals surface area contributed by atoms with Crippen LogP contribution in [0.15, 0.2) is 29.2 Å². The third kappa shape index (κ3) is 4.83. The van der Waals surface area contributed by atoms with E-state index in [4.69, 9.17) is 4.74 Å². The molecule has 0 saturated heterocycles. The van der Waals surface area contributed by atoms with E-state index < -0.39 is 0 Å². The number of benzene rings is 1. The number of hydrogen-bond donors (Lipinski definition) is 0. The molecule has 0 atom stereocenters. The van der Waals surface area contributed by atoms with Crippen molar-refractivity contribution < 1.29 is 4.74 Å². The maximum Gasteiger partial charge on any atom is 0.118 e. The molecule has 0 aromatic heterocycles. The SMILES string of the molecule is CC.CCSc1ccc(OC)cc1. The highest BCUT2D eigenvalue weighted by Crippen LogP contribution is 2.20. The minimum absolute atomic E-state index is 0.922. The van der Waals surface area contributed by atoms with Gasteiger partial charge in [0.25, 0.3) is 0 Å². The van der Waals surface area contributed by atoms with Crippen molar-refractivity contribution in [2.75, 3.05) is 12.9 Å². The molecule has 13 heavy (non-hydrogen) atoms. The highest BCUT2D eigenvalue weighted by atomic mass is 32.2. The van der Waals surface area contributed by atoms with Crippen LogP contribution in [0, 0.1) is 0 Å². The Balaban J connectivity index is 0.000000671. The van der Waals surface area contributed by atoms with Gasteiger partial charge in [0.2, 0.25) is 0 Å². The Hall–Kier alpha value is -0.630. The van der Waals surface area contributed by atoms with Crippen molar-refractivity contribution in [3.05, 3.63) is 24.3 Å². The molecule has 0 amide bonds. The Labute approximate surface area is 85.5 Å². The first-order valence-electron chi connectivity index (χ1n) is 4.63. The first-order valence-corrected chi connectivity index (χ1v) is 5.62. The normalized spacial score (nSPS) is 8.62. The zero-order chi connectivity index (χ0) is 10.1. The summed E-state index contributed by atoms with van der Waals surface area (Å²) in [5, 5.41) is 0. The number of rotatable bonds is 3. The third-order valence-corrected chi connectivity index (χ3v) is 2.26. The highest BCUT2D eigenvalue weighted by molar-refractivity contribution is 7.99. The Kier molecular flexibility index (Phi) is 7.60. The molecule has 2 heteroatoms. The number of methoxy groups -OCH3 is 1. The molecule has 1 rings (SSSR count). The third-order valence-electron chi connectivity index (χ3n) is 1.37. The van der Waals surface area contributed by atoms with E-state index in [-0.39, 0.29) is 0 Å². The van der Waals surface area contributed by atoms with Crippen LogP contribution in [-0.2, 0) is 0 Å². The summed E-state index contributed by atoms with van der Waals surface area (Å²) in [5.41, 5.74) is 0. The van der Waals surface area contributed by atoms with E-state index in [1.807, 2.05) is 37.7 Å². The average Bonchev–Trinajstić information content (AvgIpc) is 2.23. The van der Waals surface area contributed by atoms with E-state index in [1.54, 1.807) is 7.11 Å². The molecule has 0 aliphatic rings. The molecule has 74 valence electrons. The molecule has 0 spiro atoms. The molecule has 0 N–H and O–H groups in total. The summed E-state index contributed by atoms with van der Waals surface area (Å²) in [7, 11) is 1.68. The maximum atomic E-state index is 5.04. The summed E-state index contributed by atoms with van der Waals surface area (Å²) < 4.78 is 5.04. The lowest BCUT2D eigenvalue weighted by Gasteiger charge is -2.00. The minimum Gasteiger partial charge on any atom is -0.497 e. The van der Waals surface area contributed by atoms with E-state index >= 15 is 0 Å². The molecule has 0 saturated carbocycles. The Morgan fingerprint density at radius 2 is 1.69 bits per heavy atom. The second kappa shape index (κ2) is 7.99. The van der Waals surface area contributed by atoms with Crippen molar-refractivity contribution in [2.45, 2.75) is 25.7 Å². The zero-order valence-corrected chi connectivity index (χ0v) is 9.65. The van der Waals surface area contributed by atoms with Gasteiger partial charge in [-0.25, -0.2) is 0 Å². The fourth-order valence-electron chi connectivity index (χ4n) is 0.839. The molecule has 1 aromatic carbocycles. The molecule has 0 aliphatic carbocycles. The van der Waals surface area contributed by atoms with Crippen molar-refractivity contribution in [1.29, 1.82) is 0 Å². The van der Waals surface area contributed by atoms with Gasteiger partial charge in [-0.1, -0.05) is 20.8 Å². The van der Waals surface area contributed by atoms with Gasteiger partial charge in [0, 0.05) is 4.90 Å². The van der Waals surface area contributed by atoms with E-state index in [0.717, 1.165) is 11.5 Å². The summed E-state index contributed by atoms with van der Waals surface area (Å²) >= 11 is 1.84. The van der Waals surface area contributed by atoms with Crippen molar-refractivity contribution in [1.82, 2.24) is 0 Å². The van der Waals surface area contributed by atoms with Gasteiger partial charge in [-0.2, -0.15) is 0 Å². The predicted molar refractivity (Wildman–Crippen MR) is 60.7 cm³/mol. The van der Waals surface area contributed by atoms with E-state index in [0.29, 0.717) is 0 Å². The molecule has 1 aromatic rings. The van der Waals surface area contributed by atoms with Crippen LogP contribution in [0.3, 0.4) is 0 Å². The monoisotopic (exact) mass is 198 g/mol. The average molecular weight is 198 g/mol. The van der Waals surface area contributed by atoms with Gasteiger partial charge >= 0.3 is 0 Å².